The number of hydrogen-bond acceptors (Lipinski definition) is 6. The zero-order chi connectivity index (χ0) is 24.0. The van der Waals surface area contributed by atoms with Crippen LogP contribution in [0, 0.1) is 5.92 Å². The zero-order valence-corrected chi connectivity index (χ0v) is 19.2. The Morgan fingerprint density at radius 1 is 1.12 bits per heavy atom. The van der Waals surface area contributed by atoms with E-state index < -0.39 is 11.6 Å². The van der Waals surface area contributed by atoms with Gasteiger partial charge < -0.3 is 24.2 Å². The Hall–Kier alpha value is -3.49. The molecule has 1 unspecified atom stereocenters. The van der Waals surface area contributed by atoms with Crippen LogP contribution in [0.4, 0.5) is 5.82 Å². The van der Waals surface area contributed by atoms with Crippen molar-refractivity contribution in [2.45, 2.75) is 18.4 Å². The monoisotopic (exact) mass is 464 g/mol. The van der Waals surface area contributed by atoms with Crippen molar-refractivity contribution >= 4 is 17.7 Å². The van der Waals surface area contributed by atoms with Crippen LogP contribution in [0.3, 0.4) is 0 Å². The number of nitrogens with zero attached hydrogens (tertiary/aromatic N) is 2. The maximum Gasteiger partial charge on any atom is 0.347 e. The van der Waals surface area contributed by atoms with Crippen LogP contribution in [0.5, 0.6) is 0 Å². The summed E-state index contributed by atoms with van der Waals surface area (Å²) >= 11 is 0. The molecule has 8 heteroatoms. The molecule has 1 fully saturated rings. The third kappa shape index (κ3) is 5.35. The summed E-state index contributed by atoms with van der Waals surface area (Å²) in [5.74, 6) is -0.372. The Bertz CT molecular complexity index is 1050. The molecule has 1 aromatic heterocycles. The molecule has 178 valence electrons. The molecular formula is C26H30N3O5+. The van der Waals surface area contributed by atoms with Crippen LogP contribution in [-0.2, 0) is 19.9 Å². The summed E-state index contributed by atoms with van der Waals surface area (Å²) in [4.78, 5) is 25.7. The number of quaternary nitrogens is 1. The molecule has 0 saturated carbocycles. The van der Waals surface area contributed by atoms with Crippen LogP contribution >= 0.6 is 0 Å². The van der Waals surface area contributed by atoms with Crippen LogP contribution < -0.4 is 5.32 Å². The van der Waals surface area contributed by atoms with Crippen molar-refractivity contribution in [3.05, 3.63) is 84.1 Å². The first-order valence-corrected chi connectivity index (χ1v) is 11.4. The molecule has 2 atom stereocenters. The van der Waals surface area contributed by atoms with Crippen molar-refractivity contribution in [2.75, 3.05) is 38.6 Å². The first-order valence-electron chi connectivity index (χ1n) is 11.4. The van der Waals surface area contributed by atoms with Gasteiger partial charge >= 0.3 is 5.97 Å². The van der Waals surface area contributed by atoms with Gasteiger partial charge in [0.1, 0.15) is 6.26 Å². The van der Waals surface area contributed by atoms with E-state index in [-0.39, 0.29) is 25.0 Å². The second-order valence-electron chi connectivity index (χ2n) is 9.17. The summed E-state index contributed by atoms with van der Waals surface area (Å²) in [7, 11) is 2.03. The van der Waals surface area contributed by atoms with Gasteiger partial charge in [-0.3, -0.25) is 4.79 Å². The molecule has 0 radical (unpaired) electrons. The lowest BCUT2D eigenvalue weighted by Gasteiger charge is -2.40. The molecule has 8 nitrogen and oxygen atoms in total. The number of benzene rings is 2. The summed E-state index contributed by atoms with van der Waals surface area (Å²) in [6.07, 6.45) is 3.21. The Labute approximate surface area is 198 Å². The number of esters is 1. The van der Waals surface area contributed by atoms with Crippen LogP contribution in [0.1, 0.15) is 24.0 Å². The van der Waals surface area contributed by atoms with Gasteiger partial charge in [0, 0.05) is 12.0 Å². The van der Waals surface area contributed by atoms with Crippen LogP contribution in [0.25, 0.3) is 0 Å². The number of likely N-dealkylation sites (N-methyl/N-ethyl adjacent to an activating group) is 1. The van der Waals surface area contributed by atoms with Gasteiger partial charge in [0.15, 0.2) is 12.4 Å². The Kier molecular flexibility index (Phi) is 7.09. The van der Waals surface area contributed by atoms with Gasteiger partial charge in [-0.1, -0.05) is 65.8 Å². The third-order valence-corrected chi connectivity index (χ3v) is 6.37. The molecule has 1 amide bonds. The first-order chi connectivity index (χ1) is 16.4. The second-order valence-corrected chi connectivity index (χ2v) is 9.17. The normalized spacial score (nSPS) is 20.5. The van der Waals surface area contributed by atoms with Crippen molar-refractivity contribution in [3.8, 4) is 0 Å². The number of carbonyl (C=O) groups excluding carboxylic acids is 2. The van der Waals surface area contributed by atoms with E-state index >= 15 is 0 Å². The minimum atomic E-state index is -1.90. The summed E-state index contributed by atoms with van der Waals surface area (Å²) in [5.41, 5.74) is -0.979. The van der Waals surface area contributed by atoms with Gasteiger partial charge in [0.05, 0.1) is 26.7 Å². The largest absolute Gasteiger partial charge is 0.462 e. The van der Waals surface area contributed by atoms with Gasteiger partial charge in [-0.25, -0.2) is 4.79 Å². The summed E-state index contributed by atoms with van der Waals surface area (Å²) in [6, 6.07) is 19.3. The lowest BCUT2D eigenvalue weighted by atomic mass is 9.86. The first kappa shape index (κ1) is 23.7. The highest BCUT2D eigenvalue weighted by Crippen LogP contribution is 2.32. The molecule has 2 heterocycles. The number of ether oxygens (including phenoxy) is 1. The van der Waals surface area contributed by atoms with E-state index in [2.05, 4.69) is 10.5 Å². The van der Waals surface area contributed by atoms with Crippen molar-refractivity contribution in [1.82, 2.24) is 5.16 Å². The number of aromatic nitrogens is 1. The molecule has 1 aliphatic rings. The van der Waals surface area contributed by atoms with E-state index in [1.807, 2.05) is 19.2 Å². The fourth-order valence-corrected chi connectivity index (χ4v) is 4.71. The molecule has 4 rings (SSSR count). The molecule has 2 aromatic carbocycles. The van der Waals surface area contributed by atoms with Gasteiger partial charge in [-0.2, -0.15) is 0 Å². The average Bonchev–Trinajstić information content (AvgIpc) is 3.35. The van der Waals surface area contributed by atoms with Crippen molar-refractivity contribution < 1.29 is 28.4 Å². The van der Waals surface area contributed by atoms with Crippen molar-refractivity contribution in [3.63, 3.8) is 0 Å². The molecule has 0 aliphatic carbocycles. The third-order valence-electron chi connectivity index (χ3n) is 6.37. The van der Waals surface area contributed by atoms with E-state index in [4.69, 9.17) is 9.26 Å². The fraction of sp³-hybridized carbons (Fsp3) is 0.346. The number of likely N-dealkylation sites (tertiary alicyclic amines) is 1. The molecule has 3 aromatic rings. The van der Waals surface area contributed by atoms with E-state index in [0.29, 0.717) is 28.0 Å². The van der Waals surface area contributed by atoms with E-state index in [9.17, 15) is 14.7 Å². The highest BCUT2D eigenvalue weighted by atomic mass is 16.5. The Morgan fingerprint density at radius 2 is 1.76 bits per heavy atom. The molecule has 0 bridgehead atoms. The van der Waals surface area contributed by atoms with Crippen molar-refractivity contribution in [2.24, 2.45) is 5.92 Å². The topological polar surface area (TPSA) is 102 Å². The van der Waals surface area contributed by atoms with Gasteiger partial charge in [0.2, 0.25) is 5.60 Å². The molecule has 2 N–H and O–H groups in total. The zero-order valence-electron chi connectivity index (χ0n) is 19.2. The number of rotatable bonds is 8. The number of anilines is 1. The Balaban J connectivity index is 1.41. The van der Waals surface area contributed by atoms with Crippen molar-refractivity contribution in [1.29, 1.82) is 0 Å². The molecular weight excluding hydrogens is 434 g/mol. The fourth-order valence-electron chi connectivity index (χ4n) is 4.71. The number of hydrogen-bond donors (Lipinski definition) is 2. The molecule has 34 heavy (non-hydrogen) atoms. The smallest absolute Gasteiger partial charge is 0.347 e. The Morgan fingerprint density at radius 3 is 2.35 bits per heavy atom. The predicted molar refractivity (Wildman–Crippen MR) is 125 cm³/mol. The van der Waals surface area contributed by atoms with E-state index in [1.165, 1.54) is 6.26 Å². The minimum Gasteiger partial charge on any atom is -0.462 e. The van der Waals surface area contributed by atoms with Crippen LogP contribution in [0.2, 0.25) is 0 Å². The molecule has 1 saturated heterocycles. The lowest BCUT2D eigenvalue weighted by Crippen LogP contribution is -2.55. The summed E-state index contributed by atoms with van der Waals surface area (Å²) in [5, 5.41) is 18.0. The molecule has 0 spiro atoms. The highest BCUT2D eigenvalue weighted by Gasteiger charge is 2.42. The van der Waals surface area contributed by atoms with Gasteiger partial charge in [-0.05, 0) is 24.0 Å². The van der Waals surface area contributed by atoms with E-state index in [1.54, 1.807) is 54.6 Å². The number of carbonyl (C=O) groups is 2. The predicted octanol–water partition coefficient (Wildman–Crippen LogP) is 2.95. The summed E-state index contributed by atoms with van der Waals surface area (Å²) in [6.45, 7) is 2.01. The van der Waals surface area contributed by atoms with Gasteiger partial charge in [0.25, 0.3) is 5.91 Å². The summed E-state index contributed by atoms with van der Waals surface area (Å²) < 4.78 is 11.0. The number of aliphatic hydroxyl groups is 1. The lowest BCUT2D eigenvalue weighted by molar-refractivity contribution is -0.910. The molecule has 1 aliphatic heterocycles. The maximum atomic E-state index is 13.3. The van der Waals surface area contributed by atoms with E-state index in [0.717, 1.165) is 19.4 Å². The average molecular weight is 465 g/mol. The van der Waals surface area contributed by atoms with Crippen LogP contribution in [0.15, 0.2) is 77.5 Å². The standard InChI is InChI=1S/C26H29N3O5/c1-29(18-24(30)27-23-14-16-34-28-23)15-8-9-20(17-29)19-33-25(31)26(32,21-10-4-2-5-11-21)22-12-6-3-7-13-22/h2-7,10-14,16,20,32H,8-9,15,17-19H2,1H3/p+1/t20-,29?/m1/s1. The number of piperidine rings is 1. The minimum absolute atomic E-state index is 0.0818. The van der Waals surface area contributed by atoms with Gasteiger partial charge in [-0.15, -0.1) is 0 Å². The SMILES string of the molecule is C[N+]1(CC(=O)Nc2ccon2)CCC[C@@H](COC(=O)C(O)(c2ccccc2)c2ccccc2)C1. The highest BCUT2D eigenvalue weighted by molar-refractivity contribution is 5.90. The quantitative estimate of drug-likeness (QED) is 0.393. The number of amides is 1. The number of nitrogens with one attached hydrogen (secondary N) is 1. The second kappa shape index (κ2) is 10.2. The maximum absolute atomic E-state index is 13.3. The van der Waals surface area contributed by atoms with Crippen LogP contribution in [-0.4, -0.2) is 59.9 Å².